The van der Waals surface area contributed by atoms with E-state index >= 15 is 0 Å². The molecule has 122 valence electrons. The molecule has 0 aliphatic heterocycles. The number of rotatable bonds is 11. The molecular weight excluding hydrogens is 274 g/mol. The van der Waals surface area contributed by atoms with E-state index in [0.29, 0.717) is 30.3 Å². The number of ketones is 1. The Morgan fingerprint density at radius 2 is 1.71 bits per heavy atom. The van der Waals surface area contributed by atoms with E-state index in [9.17, 15) is 19.5 Å². The van der Waals surface area contributed by atoms with Crippen LogP contribution in [0, 0.1) is 0 Å². The van der Waals surface area contributed by atoms with Crippen molar-refractivity contribution in [3.05, 3.63) is 0 Å². The summed E-state index contributed by atoms with van der Waals surface area (Å²) in [6.07, 6.45) is 1.27. The van der Waals surface area contributed by atoms with Gasteiger partial charge in [-0.05, 0) is 12.8 Å². The molecule has 0 saturated heterocycles. The molecule has 0 spiro atoms. The SMILES string of the molecule is CCCC(=O)CCCC(=O)OC(CC(=O)[O-])C[N+](C)(C)C. The lowest BCUT2D eigenvalue weighted by atomic mass is 10.1. The van der Waals surface area contributed by atoms with Crippen LogP contribution in [-0.2, 0) is 19.1 Å². The third kappa shape index (κ3) is 12.1. The van der Waals surface area contributed by atoms with E-state index in [0.717, 1.165) is 6.42 Å². The van der Waals surface area contributed by atoms with Crippen molar-refractivity contribution in [1.82, 2.24) is 0 Å². The number of carbonyl (C=O) groups excluding carboxylic acids is 3. The fourth-order valence-corrected chi connectivity index (χ4v) is 2.02. The third-order valence-corrected chi connectivity index (χ3v) is 2.81. The summed E-state index contributed by atoms with van der Waals surface area (Å²) < 4.78 is 5.68. The second-order valence-electron chi connectivity index (χ2n) is 6.30. The molecule has 1 atom stereocenters. The van der Waals surface area contributed by atoms with Gasteiger partial charge in [-0.15, -0.1) is 0 Å². The standard InChI is InChI=1S/C15H27NO5/c1-5-7-12(17)8-6-9-15(20)21-13(10-14(18)19)11-16(2,3)4/h13H,5-11H2,1-4H3. The van der Waals surface area contributed by atoms with Crippen molar-refractivity contribution in [3.8, 4) is 0 Å². The highest BCUT2D eigenvalue weighted by atomic mass is 16.5. The number of nitrogens with zero attached hydrogens (tertiary/aromatic N) is 1. The summed E-state index contributed by atoms with van der Waals surface area (Å²) >= 11 is 0. The minimum absolute atomic E-state index is 0.135. The first-order chi connectivity index (χ1) is 9.64. The normalized spacial score (nSPS) is 12.8. The van der Waals surface area contributed by atoms with Gasteiger partial charge in [0.05, 0.1) is 21.1 Å². The first-order valence-electron chi connectivity index (χ1n) is 7.35. The van der Waals surface area contributed by atoms with E-state index in [2.05, 4.69) is 0 Å². The van der Waals surface area contributed by atoms with Gasteiger partial charge in [-0.1, -0.05) is 6.92 Å². The van der Waals surface area contributed by atoms with Crippen molar-refractivity contribution in [2.75, 3.05) is 27.7 Å². The smallest absolute Gasteiger partial charge is 0.306 e. The van der Waals surface area contributed by atoms with Crippen LogP contribution in [0.4, 0.5) is 0 Å². The minimum Gasteiger partial charge on any atom is -0.550 e. The highest BCUT2D eigenvalue weighted by Crippen LogP contribution is 2.08. The van der Waals surface area contributed by atoms with Gasteiger partial charge >= 0.3 is 5.97 Å². The van der Waals surface area contributed by atoms with E-state index < -0.39 is 18.0 Å². The molecule has 6 nitrogen and oxygen atoms in total. The average molecular weight is 301 g/mol. The van der Waals surface area contributed by atoms with Gasteiger partial charge in [0.15, 0.2) is 6.10 Å². The molecule has 1 unspecified atom stereocenters. The number of carboxylic acid groups (broad SMARTS) is 1. The summed E-state index contributed by atoms with van der Waals surface area (Å²) in [6.45, 7) is 2.33. The minimum atomic E-state index is -1.24. The topological polar surface area (TPSA) is 83.5 Å². The van der Waals surface area contributed by atoms with Crippen LogP contribution in [0.15, 0.2) is 0 Å². The van der Waals surface area contributed by atoms with Crippen LogP contribution in [0.5, 0.6) is 0 Å². The van der Waals surface area contributed by atoms with Crippen LogP contribution in [-0.4, -0.2) is 56.0 Å². The van der Waals surface area contributed by atoms with Crippen LogP contribution in [0.1, 0.15) is 45.4 Å². The van der Waals surface area contributed by atoms with Crippen molar-refractivity contribution < 1.29 is 28.7 Å². The number of ether oxygens (including phenoxy) is 1. The number of quaternary nitrogens is 1. The Labute approximate surface area is 126 Å². The average Bonchev–Trinajstić information content (AvgIpc) is 2.25. The van der Waals surface area contributed by atoms with Crippen LogP contribution in [0.3, 0.4) is 0 Å². The predicted molar refractivity (Wildman–Crippen MR) is 76.2 cm³/mol. The number of carboxylic acids is 1. The molecule has 6 heteroatoms. The van der Waals surface area contributed by atoms with Crippen LogP contribution < -0.4 is 5.11 Å². The van der Waals surface area contributed by atoms with Crippen molar-refractivity contribution in [3.63, 3.8) is 0 Å². The van der Waals surface area contributed by atoms with E-state index in [4.69, 9.17) is 4.74 Å². The number of esters is 1. The summed E-state index contributed by atoms with van der Waals surface area (Å²) in [4.78, 5) is 33.7. The van der Waals surface area contributed by atoms with E-state index in [1.165, 1.54) is 0 Å². The fourth-order valence-electron chi connectivity index (χ4n) is 2.02. The molecule has 0 bridgehead atoms. The second-order valence-corrected chi connectivity index (χ2v) is 6.30. The summed E-state index contributed by atoms with van der Waals surface area (Å²) in [5.41, 5.74) is 0. The van der Waals surface area contributed by atoms with Crippen LogP contribution in [0.25, 0.3) is 0 Å². The zero-order valence-electron chi connectivity index (χ0n) is 13.5. The van der Waals surface area contributed by atoms with Gasteiger partial charge in [-0.3, -0.25) is 9.59 Å². The van der Waals surface area contributed by atoms with Gasteiger partial charge in [-0.2, -0.15) is 0 Å². The molecule has 0 fully saturated rings. The monoisotopic (exact) mass is 301 g/mol. The zero-order chi connectivity index (χ0) is 16.5. The molecule has 0 aliphatic carbocycles. The Kier molecular flexibility index (Phi) is 8.85. The predicted octanol–water partition coefficient (Wildman–Crippen LogP) is 0.284. The van der Waals surface area contributed by atoms with Crippen molar-refractivity contribution in [2.45, 2.75) is 51.6 Å². The van der Waals surface area contributed by atoms with Gasteiger partial charge in [0.2, 0.25) is 0 Å². The molecule has 0 radical (unpaired) electrons. The summed E-state index contributed by atoms with van der Waals surface area (Å²) in [5.74, 6) is -1.55. The quantitative estimate of drug-likeness (QED) is 0.404. The Morgan fingerprint density at radius 3 is 2.19 bits per heavy atom. The maximum absolute atomic E-state index is 11.7. The summed E-state index contributed by atoms with van der Waals surface area (Å²) in [6, 6.07) is 0. The molecule has 0 aliphatic rings. The van der Waals surface area contributed by atoms with Crippen molar-refractivity contribution in [2.24, 2.45) is 0 Å². The highest BCUT2D eigenvalue weighted by Gasteiger charge is 2.22. The number of hydrogen-bond acceptors (Lipinski definition) is 5. The maximum atomic E-state index is 11.7. The number of hydrogen-bond donors (Lipinski definition) is 0. The molecular formula is C15H27NO5. The van der Waals surface area contributed by atoms with Crippen LogP contribution >= 0.6 is 0 Å². The summed E-state index contributed by atoms with van der Waals surface area (Å²) in [5, 5.41) is 10.7. The first-order valence-corrected chi connectivity index (χ1v) is 7.35. The lowest BCUT2D eigenvalue weighted by molar-refractivity contribution is -0.873. The molecule has 0 aromatic rings. The molecule has 0 aromatic heterocycles. The number of carbonyl (C=O) groups is 3. The fraction of sp³-hybridized carbons (Fsp3) is 0.800. The Morgan fingerprint density at radius 1 is 1.10 bits per heavy atom. The van der Waals surface area contributed by atoms with E-state index in [-0.39, 0.29) is 18.6 Å². The summed E-state index contributed by atoms with van der Waals surface area (Å²) in [7, 11) is 5.67. The first kappa shape index (κ1) is 19.6. The number of Topliss-reactive ketones (excluding diaryl/α,β-unsaturated/α-hetero) is 1. The molecule has 0 N–H and O–H groups in total. The number of likely N-dealkylation sites (N-methyl/N-ethyl adjacent to an activating group) is 1. The Balaban J connectivity index is 4.21. The van der Waals surface area contributed by atoms with Gasteiger partial charge in [0.25, 0.3) is 0 Å². The van der Waals surface area contributed by atoms with E-state index in [1.54, 1.807) is 0 Å². The maximum Gasteiger partial charge on any atom is 0.306 e. The Bertz CT molecular complexity index is 360. The van der Waals surface area contributed by atoms with Crippen LogP contribution in [0.2, 0.25) is 0 Å². The largest absolute Gasteiger partial charge is 0.550 e. The Hall–Kier alpha value is -1.43. The lowest BCUT2D eigenvalue weighted by Gasteiger charge is -2.29. The van der Waals surface area contributed by atoms with Gasteiger partial charge < -0.3 is 19.1 Å². The van der Waals surface area contributed by atoms with Crippen molar-refractivity contribution >= 4 is 17.7 Å². The van der Waals surface area contributed by atoms with Gasteiger partial charge in [0.1, 0.15) is 12.3 Å². The van der Waals surface area contributed by atoms with E-state index in [1.807, 2.05) is 28.1 Å². The molecule has 0 rings (SSSR count). The second kappa shape index (κ2) is 9.50. The third-order valence-electron chi connectivity index (χ3n) is 2.81. The molecule has 0 amide bonds. The van der Waals surface area contributed by atoms with Crippen molar-refractivity contribution in [1.29, 1.82) is 0 Å². The molecule has 0 saturated carbocycles. The van der Waals surface area contributed by atoms with Gasteiger partial charge in [0, 0.05) is 31.7 Å². The molecule has 21 heavy (non-hydrogen) atoms. The number of aliphatic carboxylic acids is 1. The van der Waals surface area contributed by atoms with Gasteiger partial charge in [-0.25, -0.2) is 0 Å². The molecule has 0 heterocycles. The zero-order valence-corrected chi connectivity index (χ0v) is 13.5. The lowest BCUT2D eigenvalue weighted by Crippen LogP contribution is -2.45. The highest BCUT2D eigenvalue weighted by molar-refractivity contribution is 5.79. The molecule has 0 aromatic carbocycles.